The maximum Gasteiger partial charge on any atom is 0.410 e. The Bertz CT molecular complexity index is 398. The van der Waals surface area contributed by atoms with Gasteiger partial charge < -0.3 is 9.64 Å². The largest absolute Gasteiger partial charge is 0.444 e. The normalized spacial score (nSPS) is 11.4. The molecule has 0 atom stereocenters. The quantitative estimate of drug-likeness (QED) is 0.857. The SMILES string of the molecule is CCN(CCn1cc(Br)cn1)C(=O)OC(C)(C)C. The van der Waals surface area contributed by atoms with Crippen LogP contribution in [-0.4, -0.2) is 39.5 Å². The smallest absolute Gasteiger partial charge is 0.410 e. The third kappa shape index (κ3) is 5.08. The van der Waals surface area contributed by atoms with Crippen molar-refractivity contribution in [1.82, 2.24) is 14.7 Å². The van der Waals surface area contributed by atoms with E-state index < -0.39 is 5.60 Å². The van der Waals surface area contributed by atoms with Crippen molar-refractivity contribution >= 4 is 22.0 Å². The first-order valence-electron chi connectivity index (χ1n) is 5.97. The van der Waals surface area contributed by atoms with Crippen molar-refractivity contribution in [2.45, 2.75) is 39.8 Å². The third-order valence-electron chi connectivity index (χ3n) is 2.23. The molecule has 0 saturated heterocycles. The van der Waals surface area contributed by atoms with Crippen LogP contribution in [0.2, 0.25) is 0 Å². The molecule has 0 spiro atoms. The third-order valence-corrected chi connectivity index (χ3v) is 2.64. The van der Waals surface area contributed by atoms with Gasteiger partial charge in [0.15, 0.2) is 0 Å². The molecule has 1 aromatic heterocycles. The van der Waals surface area contributed by atoms with Gasteiger partial charge in [0, 0.05) is 19.3 Å². The summed E-state index contributed by atoms with van der Waals surface area (Å²) in [5.41, 5.74) is -0.459. The second kappa shape index (κ2) is 6.22. The van der Waals surface area contributed by atoms with Gasteiger partial charge in [-0.3, -0.25) is 4.68 Å². The molecule has 1 heterocycles. The summed E-state index contributed by atoms with van der Waals surface area (Å²) in [5.74, 6) is 0. The van der Waals surface area contributed by atoms with Crippen molar-refractivity contribution in [3.8, 4) is 0 Å². The van der Waals surface area contributed by atoms with Crippen molar-refractivity contribution in [3.05, 3.63) is 16.9 Å². The van der Waals surface area contributed by atoms with Crippen molar-refractivity contribution in [3.63, 3.8) is 0 Å². The number of nitrogens with zero attached hydrogens (tertiary/aromatic N) is 3. The Morgan fingerprint density at radius 1 is 1.56 bits per heavy atom. The lowest BCUT2D eigenvalue weighted by atomic mass is 10.2. The lowest BCUT2D eigenvalue weighted by Crippen LogP contribution is -2.38. The van der Waals surface area contributed by atoms with Crippen LogP contribution in [0.5, 0.6) is 0 Å². The molecule has 0 aliphatic heterocycles. The predicted molar refractivity (Wildman–Crippen MR) is 73.4 cm³/mol. The summed E-state index contributed by atoms with van der Waals surface area (Å²) in [6, 6.07) is 0. The highest BCUT2D eigenvalue weighted by molar-refractivity contribution is 9.10. The van der Waals surface area contributed by atoms with Crippen LogP contribution in [0.15, 0.2) is 16.9 Å². The van der Waals surface area contributed by atoms with E-state index in [0.717, 1.165) is 4.47 Å². The topological polar surface area (TPSA) is 47.4 Å². The van der Waals surface area contributed by atoms with Crippen LogP contribution < -0.4 is 0 Å². The van der Waals surface area contributed by atoms with E-state index in [1.165, 1.54) is 0 Å². The summed E-state index contributed by atoms with van der Waals surface area (Å²) >= 11 is 3.34. The number of ether oxygens (including phenoxy) is 1. The van der Waals surface area contributed by atoms with E-state index in [4.69, 9.17) is 4.74 Å². The van der Waals surface area contributed by atoms with Gasteiger partial charge in [-0.1, -0.05) is 0 Å². The van der Waals surface area contributed by atoms with Crippen LogP contribution in [0.1, 0.15) is 27.7 Å². The molecule has 1 rings (SSSR count). The van der Waals surface area contributed by atoms with Gasteiger partial charge in [0.2, 0.25) is 0 Å². The Morgan fingerprint density at radius 3 is 2.67 bits per heavy atom. The Hall–Kier alpha value is -1.04. The fraction of sp³-hybridized carbons (Fsp3) is 0.667. The molecule has 5 nitrogen and oxygen atoms in total. The number of aromatic nitrogens is 2. The van der Waals surface area contributed by atoms with Gasteiger partial charge in [0.05, 0.1) is 17.2 Å². The molecular weight excluding hydrogens is 298 g/mol. The van der Waals surface area contributed by atoms with Gasteiger partial charge >= 0.3 is 6.09 Å². The fourth-order valence-electron chi connectivity index (χ4n) is 1.39. The number of halogens is 1. The molecule has 0 aromatic carbocycles. The average Bonchev–Trinajstić information content (AvgIpc) is 2.62. The highest BCUT2D eigenvalue weighted by Gasteiger charge is 2.20. The van der Waals surface area contributed by atoms with E-state index in [1.807, 2.05) is 33.9 Å². The first-order chi connectivity index (χ1) is 8.31. The monoisotopic (exact) mass is 317 g/mol. The number of carbonyl (C=O) groups excluding carboxylic acids is 1. The predicted octanol–water partition coefficient (Wildman–Crippen LogP) is 2.90. The molecule has 0 radical (unpaired) electrons. The zero-order valence-electron chi connectivity index (χ0n) is 11.3. The number of hydrogen-bond donors (Lipinski definition) is 0. The molecular formula is C12H20BrN3O2. The molecule has 6 heteroatoms. The molecule has 0 saturated carbocycles. The molecule has 102 valence electrons. The second-order valence-electron chi connectivity index (χ2n) is 4.98. The molecule has 0 aliphatic carbocycles. The minimum atomic E-state index is -0.459. The summed E-state index contributed by atoms with van der Waals surface area (Å²) in [4.78, 5) is 13.5. The van der Waals surface area contributed by atoms with E-state index >= 15 is 0 Å². The van der Waals surface area contributed by atoms with Crippen LogP contribution in [0.25, 0.3) is 0 Å². The van der Waals surface area contributed by atoms with E-state index in [0.29, 0.717) is 19.6 Å². The molecule has 1 amide bonds. The zero-order valence-corrected chi connectivity index (χ0v) is 12.9. The summed E-state index contributed by atoms with van der Waals surface area (Å²) in [6.45, 7) is 9.38. The Balaban J connectivity index is 2.49. The van der Waals surface area contributed by atoms with Crippen LogP contribution in [0.3, 0.4) is 0 Å². The summed E-state index contributed by atoms with van der Waals surface area (Å²) in [6.07, 6.45) is 3.32. The molecule has 1 aromatic rings. The van der Waals surface area contributed by atoms with Crippen molar-refractivity contribution in [2.75, 3.05) is 13.1 Å². The second-order valence-corrected chi connectivity index (χ2v) is 5.90. The maximum atomic E-state index is 11.9. The van der Waals surface area contributed by atoms with Crippen molar-refractivity contribution in [2.24, 2.45) is 0 Å². The summed E-state index contributed by atoms with van der Waals surface area (Å²) in [5, 5.41) is 4.15. The van der Waals surface area contributed by atoms with E-state index in [1.54, 1.807) is 15.8 Å². The van der Waals surface area contributed by atoms with Crippen molar-refractivity contribution in [1.29, 1.82) is 0 Å². The Kier molecular flexibility index (Phi) is 5.19. The van der Waals surface area contributed by atoms with Crippen LogP contribution in [0, 0.1) is 0 Å². The number of carbonyl (C=O) groups is 1. The summed E-state index contributed by atoms with van der Waals surface area (Å²) in [7, 11) is 0. The minimum Gasteiger partial charge on any atom is -0.444 e. The van der Waals surface area contributed by atoms with Crippen LogP contribution >= 0.6 is 15.9 Å². The van der Waals surface area contributed by atoms with Gasteiger partial charge in [-0.15, -0.1) is 0 Å². The summed E-state index contributed by atoms with van der Waals surface area (Å²) < 4.78 is 8.05. The van der Waals surface area contributed by atoms with Crippen molar-refractivity contribution < 1.29 is 9.53 Å². The minimum absolute atomic E-state index is 0.281. The number of amides is 1. The highest BCUT2D eigenvalue weighted by Crippen LogP contribution is 2.10. The molecule has 0 bridgehead atoms. The van der Waals surface area contributed by atoms with E-state index in [9.17, 15) is 4.79 Å². The van der Waals surface area contributed by atoms with Gasteiger partial charge in [-0.25, -0.2) is 4.79 Å². The molecule has 18 heavy (non-hydrogen) atoms. The average molecular weight is 318 g/mol. The Labute approximate surface area is 116 Å². The Morgan fingerprint density at radius 2 is 2.22 bits per heavy atom. The molecule has 0 unspecified atom stereocenters. The van der Waals surface area contributed by atoms with Crippen LogP contribution in [-0.2, 0) is 11.3 Å². The number of hydrogen-bond acceptors (Lipinski definition) is 3. The van der Waals surface area contributed by atoms with E-state index in [-0.39, 0.29) is 6.09 Å². The van der Waals surface area contributed by atoms with Gasteiger partial charge in [-0.05, 0) is 43.6 Å². The molecule has 0 aliphatic rings. The van der Waals surface area contributed by atoms with Gasteiger partial charge in [-0.2, -0.15) is 5.10 Å². The van der Waals surface area contributed by atoms with Gasteiger partial charge in [0.1, 0.15) is 5.60 Å². The molecule has 0 fully saturated rings. The highest BCUT2D eigenvalue weighted by atomic mass is 79.9. The van der Waals surface area contributed by atoms with Crippen LogP contribution in [0.4, 0.5) is 4.79 Å². The lowest BCUT2D eigenvalue weighted by Gasteiger charge is -2.26. The number of likely N-dealkylation sites (N-methyl/N-ethyl adjacent to an activating group) is 1. The number of rotatable bonds is 4. The maximum absolute atomic E-state index is 11.9. The van der Waals surface area contributed by atoms with E-state index in [2.05, 4.69) is 21.0 Å². The first kappa shape index (κ1) is 15.0. The van der Waals surface area contributed by atoms with Gasteiger partial charge in [0.25, 0.3) is 0 Å². The fourth-order valence-corrected chi connectivity index (χ4v) is 1.72. The lowest BCUT2D eigenvalue weighted by molar-refractivity contribution is 0.0252. The zero-order chi connectivity index (χ0) is 13.8. The first-order valence-corrected chi connectivity index (χ1v) is 6.77. The molecule has 0 N–H and O–H groups in total. The standard InChI is InChI=1S/C12H20BrN3O2/c1-5-15(11(17)18-12(2,3)4)6-7-16-9-10(13)8-14-16/h8-9H,5-7H2,1-4H3.